The van der Waals surface area contributed by atoms with Crippen LogP contribution in [-0.4, -0.2) is 13.4 Å². The van der Waals surface area contributed by atoms with Gasteiger partial charge in [-0.2, -0.15) is 13.2 Å². The standard InChI is InChI=1S/C20H19BrF3NO2/c1-13(12-26)7-9-18(15-5-3-4-6-17(15)21)25-19-10-8-14(27-2)11-16(19)20(22,23)24/h3-8,10-12,18,25H,9H2,1-2H3/b13-7+. The summed E-state index contributed by atoms with van der Waals surface area (Å²) in [5.74, 6) is 0.127. The van der Waals surface area contributed by atoms with E-state index in [0.717, 1.165) is 16.1 Å². The lowest BCUT2D eigenvalue weighted by Crippen LogP contribution is -2.16. The molecule has 0 amide bonds. The minimum absolute atomic E-state index is 0.0544. The van der Waals surface area contributed by atoms with Crippen LogP contribution in [0.3, 0.4) is 0 Å². The van der Waals surface area contributed by atoms with E-state index in [0.29, 0.717) is 18.3 Å². The Hall–Kier alpha value is -2.28. The number of hydrogen-bond acceptors (Lipinski definition) is 3. The van der Waals surface area contributed by atoms with E-state index in [4.69, 9.17) is 4.74 Å². The summed E-state index contributed by atoms with van der Waals surface area (Å²) in [6, 6.07) is 10.6. The van der Waals surface area contributed by atoms with Crippen molar-refractivity contribution in [2.75, 3.05) is 12.4 Å². The number of halogens is 4. The Morgan fingerprint density at radius 2 is 1.96 bits per heavy atom. The van der Waals surface area contributed by atoms with E-state index in [1.54, 1.807) is 13.0 Å². The molecule has 1 N–H and O–H groups in total. The second kappa shape index (κ2) is 9.08. The highest BCUT2D eigenvalue weighted by molar-refractivity contribution is 9.10. The molecule has 144 valence electrons. The number of benzene rings is 2. The van der Waals surface area contributed by atoms with Crippen molar-refractivity contribution < 1.29 is 22.7 Å². The summed E-state index contributed by atoms with van der Waals surface area (Å²) < 4.78 is 46.2. The summed E-state index contributed by atoms with van der Waals surface area (Å²) >= 11 is 3.44. The molecule has 7 heteroatoms. The summed E-state index contributed by atoms with van der Waals surface area (Å²) in [5.41, 5.74) is 0.437. The molecule has 27 heavy (non-hydrogen) atoms. The van der Waals surface area contributed by atoms with Crippen molar-refractivity contribution in [2.45, 2.75) is 25.6 Å². The summed E-state index contributed by atoms with van der Waals surface area (Å²) in [4.78, 5) is 10.9. The predicted molar refractivity (Wildman–Crippen MR) is 103 cm³/mol. The van der Waals surface area contributed by atoms with E-state index in [1.165, 1.54) is 19.2 Å². The van der Waals surface area contributed by atoms with Gasteiger partial charge in [0.05, 0.1) is 18.7 Å². The molecular weight excluding hydrogens is 423 g/mol. The lowest BCUT2D eigenvalue weighted by Gasteiger charge is -2.23. The molecule has 0 spiro atoms. The maximum atomic E-state index is 13.5. The summed E-state index contributed by atoms with van der Waals surface area (Å²) in [7, 11) is 1.32. The Morgan fingerprint density at radius 3 is 2.56 bits per heavy atom. The van der Waals surface area contributed by atoms with E-state index in [-0.39, 0.29) is 11.4 Å². The van der Waals surface area contributed by atoms with Crippen LogP contribution in [0.1, 0.15) is 30.5 Å². The molecule has 0 radical (unpaired) electrons. The highest BCUT2D eigenvalue weighted by Gasteiger charge is 2.34. The first-order chi connectivity index (χ1) is 12.8. The molecule has 2 rings (SSSR count). The van der Waals surface area contributed by atoms with Gasteiger partial charge in [-0.1, -0.05) is 40.2 Å². The number of nitrogens with one attached hydrogen (secondary N) is 1. The van der Waals surface area contributed by atoms with Gasteiger partial charge in [0.1, 0.15) is 12.0 Å². The van der Waals surface area contributed by atoms with Crippen LogP contribution in [0.5, 0.6) is 5.75 Å². The number of rotatable bonds is 7. The van der Waals surface area contributed by atoms with Crippen LogP contribution in [0.25, 0.3) is 0 Å². The molecule has 2 aromatic rings. The highest BCUT2D eigenvalue weighted by atomic mass is 79.9. The van der Waals surface area contributed by atoms with E-state index in [9.17, 15) is 18.0 Å². The number of anilines is 1. The first-order valence-corrected chi connectivity index (χ1v) is 8.93. The summed E-state index contributed by atoms with van der Waals surface area (Å²) in [6.45, 7) is 1.65. The largest absolute Gasteiger partial charge is 0.497 e. The summed E-state index contributed by atoms with van der Waals surface area (Å²) in [5, 5.41) is 2.98. The average molecular weight is 442 g/mol. The third-order valence-corrected chi connectivity index (χ3v) is 4.73. The predicted octanol–water partition coefficient (Wildman–Crippen LogP) is 6.17. The zero-order valence-corrected chi connectivity index (χ0v) is 16.4. The Labute approximate surface area is 164 Å². The molecule has 0 aliphatic heterocycles. The van der Waals surface area contributed by atoms with Crippen LogP contribution in [0.2, 0.25) is 0 Å². The molecule has 0 saturated carbocycles. The minimum Gasteiger partial charge on any atom is -0.497 e. The van der Waals surface area contributed by atoms with Gasteiger partial charge < -0.3 is 10.1 Å². The second-order valence-corrected chi connectivity index (χ2v) is 6.78. The maximum Gasteiger partial charge on any atom is 0.418 e. The molecule has 1 atom stereocenters. The van der Waals surface area contributed by atoms with Crippen molar-refractivity contribution in [1.82, 2.24) is 0 Å². The normalized spacial score (nSPS) is 13.2. The first-order valence-electron chi connectivity index (χ1n) is 8.14. The number of aldehydes is 1. The average Bonchev–Trinajstić information content (AvgIpc) is 2.64. The monoisotopic (exact) mass is 441 g/mol. The van der Waals surface area contributed by atoms with Gasteiger partial charge in [0.25, 0.3) is 0 Å². The molecule has 2 aromatic carbocycles. The van der Waals surface area contributed by atoms with Crippen LogP contribution in [0, 0.1) is 0 Å². The van der Waals surface area contributed by atoms with Crippen LogP contribution in [-0.2, 0) is 11.0 Å². The molecule has 1 unspecified atom stereocenters. The molecule has 0 bridgehead atoms. The molecule has 0 aliphatic rings. The molecule has 0 fully saturated rings. The number of methoxy groups -OCH3 is 1. The minimum atomic E-state index is -4.54. The van der Waals surface area contributed by atoms with Crippen LogP contribution in [0.15, 0.2) is 58.6 Å². The van der Waals surface area contributed by atoms with E-state index < -0.39 is 17.8 Å². The highest BCUT2D eigenvalue weighted by Crippen LogP contribution is 2.39. The van der Waals surface area contributed by atoms with Crippen molar-refractivity contribution in [2.24, 2.45) is 0 Å². The molecule has 3 nitrogen and oxygen atoms in total. The van der Waals surface area contributed by atoms with Crippen LogP contribution >= 0.6 is 15.9 Å². The molecule has 0 aliphatic carbocycles. The van der Waals surface area contributed by atoms with Gasteiger partial charge in [-0.05, 0) is 48.7 Å². The molecular formula is C20H19BrF3NO2. The third kappa shape index (κ3) is 5.60. The number of carbonyl (C=O) groups is 1. The Bertz CT molecular complexity index is 834. The van der Waals surface area contributed by atoms with Crippen molar-refractivity contribution >= 4 is 27.9 Å². The number of ether oxygens (including phenoxy) is 1. The lowest BCUT2D eigenvalue weighted by atomic mass is 10.0. The Balaban J connectivity index is 2.46. The molecule has 0 saturated heterocycles. The van der Waals surface area contributed by atoms with Gasteiger partial charge in [0.2, 0.25) is 0 Å². The second-order valence-electron chi connectivity index (χ2n) is 5.93. The summed E-state index contributed by atoms with van der Waals surface area (Å²) in [6.07, 6.45) is -1.78. The van der Waals surface area contributed by atoms with Gasteiger partial charge in [0, 0.05) is 10.2 Å². The fraction of sp³-hybridized carbons (Fsp3) is 0.250. The Kier molecular flexibility index (Phi) is 7.07. The molecule has 0 heterocycles. The zero-order valence-electron chi connectivity index (χ0n) is 14.8. The third-order valence-electron chi connectivity index (χ3n) is 4.00. The van der Waals surface area contributed by atoms with Crippen molar-refractivity contribution in [3.63, 3.8) is 0 Å². The van der Waals surface area contributed by atoms with Gasteiger partial charge in [-0.15, -0.1) is 0 Å². The van der Waals surface area contributed by atoms with E-state index in [2.05, 4.69) is 21.2 Å². The first kappa shape index (κ1) is 21.0. The van der Waals surface area contributed by atoms with Gasteiger partial charge in [-0.3, -0.25) is 4.79 Å². The number of hydrogen-bond donors (Lipinski definition) is 1. The molecule has 0 aromatic heterocycles. The SMILES string of the molecule is COc1ccc(NC(C/C=C(\C)C=O)c2ccccc2Br)c(C(F)(F)F)c1. The fourth-order valence-electron chi connectivity index (χ4n) is 2.57. The zero-order chi connectivity index (χ0) is 20.0. The number of allylic oxidation sites excluding steroid dienone is 1. The quantitative estimate of drug-likeness (QED) is 0.412. The van der Waals surface area contributed by atoms with Gasteiger partial charge >= 0.3 is 6.18 Å². The van der Waals surface area contributed by atoms with Gasteiger partial charge in [-0.25, -0.2) is 0 Å². The number of carbonyl (C=O) groups excluding carboxylic acids is 1. The van der Waals surface area contributed by atoms with E-state index in [1.807, 2.05) is 24.3 Å². The van der Waals surface area contributed by atoms with Crippen molar-refractivity contribution in [1.29, 1.82) is 0 Å². The number of alkyl halides is 3. The van der Waals surface area contributed by atoms with E-state index >= 15 is 0 Å². The lowest BCUT2D eigenvalue weighted by molar-refractivity contribution is -0.137. The van der Waals surface area contributed by atoms with Crippen molar-refractivity contribution in [3.05, 3.63) is 69.7 Å². The van der Waals surface area contributed by atoms with Gasteiger partial charge in [0.15, 0.2) is 0 Å². The van der Waals surface area contributed by atoms with Crippen molar-refractivity contribution in [3.8, 4) is 5.75 Å². The fourth-order valence-corrected chi connectivity index (χ4v) is 3.13. The van der Waals surface area contributed by atoms with Crippen LogP contribution in [0.4, 0.5) is 18.9 Å². The topological polar surface area (TPSA) is 38.3 Å². The smallest absolute Gasteiger partial charge is 0.418 e. The maximum absolute atomic E-state index is 13.5. The van der Waals surface area contributed by atoms with Crippen LogP contribution < -0.4 is 10.1 Å². The Morgan fingerprint density at radius 1 is 1.26 bits per heavy atom.